The minimum Gasteiger partial charge on any atom is -0.497 e. The summed E-state index contributed by atoms with van der Waals surface area (Å²) in [6.45, 7) is 0. The number of hydrogen-bond donors (Lipinski definition) is 1. The molecule has 0 saturated carbocycles. The number of H-pyrrole nitrogens is 1. The van der Waals surface area contributed by atoms with Crippen molar-refractivity contribution in [2.45, 2.75) is 5.16 Å². The van der Waals surface area contributed by atoms with Gasteiger partial charge in [0.15, 0.2) is 11.0 Å². The second-order valence-corrected chi connectivity index (χ2v) is 7.61. The van der Waals surface area contributed by atoms with Gasteiger partial charge in [0.05, 0.1) is 12.8 Å². The van der Waals surface area contributed by atoms with Gasteiger partial charge in [-0.3, -0.25) is 4.57 Å². The number of aromatic amines is 1. The summed E-state index contributed by atoms with van der Waals surface area (Å²) in [5, 5.41) is 11.0. The zero-order chi connectivity index (χ0) is 20.5. The van der Waals surface area contributed by atoms with Crippen LogP contribution in [-0.2, 0) is 0 Å². The fraction of sp³-hybridized carbons (Fsp3) is 0.0833. The van der Waals surface area contributed by atoms with Crippen molar-refractivity contribution in [2.75, 3.05) is 13.4 Å². The second kappa shape index (κ2) is 7.72. The molecule has 0 atom stereocenters. The first-order valence-corrected chi connectivity index (χ1v) is 10.8. The van der Waals surface area contributed by atoms with Crippen molar-refractivity contribution in [3.63, 3.8) is 0 Å². The van der Waals surface area contributed by atoms with Crippen molar-refractivity contribution < 1.29 is 4.74 Å². The van der Waals surface area contributed by atoms with Crippen LogP contribution in [0.25, 0.3) is 39.2 Å². The summed E-state index contributed by atoms with van der Waals surface area (Å²) < 4.78 is 7.59. The average Bonchev–Trinajstić information content (AvgIpc) is 3.40. The van der Waals surface area contributed by atoms with Crippen LogP contribution >= 0.6 is 11.8 Å². The predicted molar refractivity (Wildman–Crippen MR) is 122 cm³/mol. The largest absolute Gasteiger partial charge is 0.497 e. The summed E-state index contributed by atoms with van der Waals surface area (Å²) in [6, 6.07) is 26.6. The zero-order valence-electron chi connectivity index (χ0n) is 16.7. The van der Waals surface area contributed by atoms with Crippen LogP contribution in [-0.4, -0.2) is 33.1 Å². The van der Waals surface area contributed by atoms with Gasteiger partial charge in [0.2, 0.25) is 0 Å². The lowest BCUT2D eigenvalue weighted by atomic mass is 10.0. The van der Waals surface area contributed by atoms with E-state index in [1.807, 2.05) is 54.8 Å². The van der Waals surface area contributed by atoms with Gasteiger partial charge < -0.3 is 9.72 Å². The Hall–Kier alpha value is -3.51. The monoisotopic (exact) mass is 412 g/mol. The van der Waals surface area contributed by atoms with Gasteiger partial charge in [0.1, 0.15) is 5.75 Å². The van der Waals surface area contributed by atoms with Crippen LogP contribution in [0.3, 0.4) is 0 Å². The highest BCUT2D eigenvalue weighted by atomic mass is 32.2. The van der Waals surface area contributed by atoms with Gasteiger partial charge in [0, 0.05) is 22.2 Å². The van der Waals surface area contributed by atoms with Gasteiger partial charge in [-0.05, 0) is 42.2 Å². The maximum absolute atomic E-state index is 5.49. The van der Waals surface area contributed by atoms with Crippen LogP contribution < -0.4 is 4.74 Å². The van der Waals surface area contributed by atoms with Crippen molar-refractivity contribution in [2.24, 2.45) is 0 Å². The third-order valence-corrected chi connectivity index (χ3v) is 5.75. The molecule has 5 nitrogen and oxygen atoms in total. The Morgan fingerprint density at radius 3 is 2.33 bits per heavy atom. The molecule has 0 unspecified atom stereocenters. The number of hydrogen-bond acceptors (Lipinski definition) is 4. The van der Waals surface area contributed by atoms with E-state index in [1.165, 1.54) is 0 Å². The number of para-hydroxylation sites is 1. The van der Waals surface area contributed by atoms with E-state index in [1.54, 1.807) is 18.9 Å². The summed E-state index contributed by atoms with van der Waals surface area (Å²) in [5.74, 6) is 1.60. The van der Waals surface area contributed by atoms with Gasteiger partial charge in [-0.25, -0.2) is 0 Å². The number of thioether (sulfide) groups is 1. The number of nitrogens with one attached hydrogen (secondary N) is 1. The summed E-state index contributed by atoms with van der Waals surface area (Å²) in [6.07, 6.45) is 2.02. The number of ether oxygens (including phenoxy) is 1. The summed E-state index contributed by atoms with van der Waals surface area (Å²) in [5.41, 5.74) is 5.18. The van der Waals surface area contributed by atoms with Gasteiger partial charge in [0.25, 0.3) is 0 Å². The van der Waals surface area contributed by atoms with E-state index >= 15 is 0 Å². The number of nitrogens with zero attached hydrogens (tertiary/aromatic N) is 3. The molecule has 148 valence electrons. The van der Waals surface area contributed by atoms with Crippen LogP contribution in [0.4, 0.5) is 0 Å². The molecule has 0 saturated heterocycles. The maximum Gasteiger partial charge on any atom is 0.195 e. The quantitative estimate of drug-likeness (QED) is 0.370. The van der Waals surface area contributed by atoms with Crippen LogP contribution in [0.5, 0.6) is 5.75 Å². The van der Waals surface area contributed by atoms with Gasteiger partial charge in [-0.2, -0.15) is 0 Å². The van der Waals surface area contributed by atoms with E-state index in [4.69, 9.17) is 4.74 Å². The van der Waals surface area contributed by atoms with Gasteiger partial charge in [-0.15, -0.1) is 10.2 Å². The Balaban J connectivity index is 1.84. The smallest absolute Gasteiger partial charge is 0.195 e. The number of rotatable bonds is 5. The van der Waals surface area contributed by atoms with Crippen molar-refractivity contribution in [1.82, 2.24) is 19.7 Å². The van der Waals surface area contributed by atoms with E-state index in [0.717, 1.165) is 50.1 Å². The van der Waals surface area contributed by atoms with Crippen molar-refractivity contribution in [1.29, 1.82) is 0 Å². The molecule has 0 aliphatic rings. The summed E-state index contributed by atoms with van der Waals surface area (Å²) >= 11 is 1.58. The first-order chi connectivity index (χ1) is 14.8. The SMILES string of the molecule is COc1ccc2[nH]c(-c3nnc(SC)n3-c3ccccc3)c(-c3ccccc3)c2c1. The maximum atomic E-state index is 5.49. The first-order valence-electron chi connectivity index (χ1n) is 9.60. The molecule has 3 aromatic carbocycles. The standard InChI is InChI=1S/C24H20N4OS/c1-29-18-13-14-20-19(15-18)21(16-9-5-3-6-10-16)22(25-20)23-26-27-24(30-2)28(23)17-11-7-4-8-12-17/h3-15,25H,1-2H3. The van der Waals surface area contributed by atoms with Crippen molar-refractivity contribution in [3.05, 3.63) is 78.9 Å². The van der Waals surface area contributed by atoms with Gasteiger partial charge >= 0.3 is 0 Å². The minimum absolute atomic E-state index is 0.777. The Morgan fingerprint density at radius 1 is 0.900 bits per heavy atom. The lowest BCUT2D eigenvalue weighted by Gasteiger charge is -2.10. The molecule has 5 rings (SSSR count). The Kier molecular flexibility index (Phi) is 4.77. The summed E-state index contributed by atoms with van der Waals surface area (Å²) in [4.78, 5) is 3.59. The Morgan fingerprint density at radius 2 is 1.63 bits per heavy atom. The van der Waals surface area contributed by atoms with E-state index in [9.17, 15) is 0 Å². The molecular formula is C24H20N4OS. The highest BCUT2D eigenvalue weighted by Crippen LogP contribution is 2.40. The second-order valence-electron chi connectivity index (χ2n) is 6.83. The number of aromatic nitrogens is 4. The Labute approximate surface area is 178 Å². The molecule has 0 radical (unpaired) electrons. The molecule has 0 bridgehead atoms. The highest BCUT2D eigenvalue weighted by Gasteiger charge is 2.22. The lowest BCUT2D eigenvalue weighted by molar-refractivity contribution is 0.415. The molecule has 5 aromatic rings. The fourth-order valence-corrected chi connectivity index (χ4v) is 4.24. The zero-order valence-corrected chi connectivity index (χ0v) is 17.5. The van der Waals surface area contributed by atoms with E-state index < -0.39 is 0 Å². The van der Waals surface area contributed by atoms with E-state index in [2.05, 4.69) is 50.1 Å². The minimum atomic E-state index is 0.777. The summed E-state index contributed by atoms with van der Waals surface area (Å²) in [7, 11) is 1.69. The van der Waals surface area contributed by atoms with Crippen LogP contribution in [0.1, 0.15) is 0 Å². The predicted octanol–water partition coefficient (Wildman–Crippen LogP) is 5.81. The molecule has 0 fully saturated rings. The molecule has 1 N–H and O–H groups in total. The molecule has 0 aliphatic heterocycles. The highest BCUT2D eigenvalue weighted by molar-refractivity contribution is 7.98. The van der Waals surface area contributed by atoms with Crippen molar-refractivity contribution >= 4 is 22.7 Å². The number of methoxy groups -OCH3 is 1. The topological polar surface area (TPSA) is 55.7 Å². The number of benzene rings is 3. The molecule has 2 heterocycles. The molecule has 6 heteroatoms. The van der Waals surface area contributed by atoms with E-state index in [-0.39, 0.29) is 0 Å². The molecule has 0 aliphatic carbocycles. The average molecular weight is 413 g/mol. The molecule has 0 amide bonds. The third kappa shape index (κ3) is 3.06. The Bertz CT molecular complexity index is 1310. The van der Waals surface area contributed by atoms with E-state index in [0.29, 0.717) is 0 Å². The lowest BCUT2D eigenvalue weighted by Crippen LogP contribution is -2.00. The molecule has 0 spiro atoms. The van der Waals surface area contributed by atoms with Gasteiger partial charge in [-0.1, -0.05) is 60.3 Å². The molecular weight excluding hydrogens is 392 g/mol. The van der Waals surface area contributed by atoms with Crippen LogP contribution in [0, 0.1) is 0 Å². The number of fused-ring (bicyclic) bond motifs is 1. The third-order valence-electron chi connectivity index (χ3n) is 5.12. The van der Waals surface area contributed by atoms with Crippen LogP contribution in [0.15, 0.2) is 84.0 Å². The van der Waals surface area contributed by atoms with Crippen molar-refractivity contribution in [3.8, 4) is 34.1 Å². The molecule has 30 heavy (non-hydrogen) atoms. The van der Waals surface area contributed by atoms with Crippen LogP contribution in [0.2, 0.25) is 0 Å². The normalized spacial score (nSPS) is 11.1. The fourth-order valence-electron chi connectivity index (χ4n) is 3.74. The first kappa shape index (κ1) is 18.5. The molecule has 2 aromatic heterocycles.